The molecule has 152 valence electrons. The van der Waals surface area contributed by atoms with Crippen LogP contribution in [0.4, 0.5) is 5.69 Å². The Morgan fingerprint density at radius 3 is 2.47 bits per heavy atom. The van der Waals surface area contributed by atoms with E-state index in [4.69, 9.17) is 0 Å². The molecule has 30 heavy (non-hydrogen) atoms. The van der Waals surface area contributed by atoms with Crippen LogP contribution in [0.3, 0.4) is 0 Å². The van der Waals surface area contributed by atoms with Crippen molar-refractivity contribution in [2.45, 2.75) is 38.1 Å². The second-order valence-corrected chi connectivity index (χ2v) is 8.47. The van der Waals surface area contributed by atoms with Crippen LogP contribution in [-0.4, -0.2) is 21.1 Å². The maximum absolute atomic E-state index is 12.7. The zero-order valence-corrected chi connectivity index (χ0v) is 18.1. The number of nitrogens with one attached hydrogen (secondary N) is 2. The summed E-state index contributed by atoms with van der Waals surface area (Å²) in [6, 6.07) is 15.2. The van der Waals surface area contributed by atoms with Crippen LogP contribution in [0.5, 0.6) is 0 Å². The standard InChI is InChI=1S/C23H22N4O2S/c1-13-6-9-17(10-7-13)20-18(12-24)22(29)27-23(26-20)30-16(4)21(28)25-19-11-14(2)5-8-15(19)3/h5-11,16H,1-4H3,(H,25,28)(H,26,27,29). The number of hydrogen-bond acceptors (Lipinski definition) is 5. The van der Waals surface area contributed by atoms with Gasteiger partial charge in [0.05, 0.1) is 10.9 Å². The minimum atomic E-state index is -0.521. The number of benzene rings is 2. The highest BCUT2D eigenvalue weighted by Crippen LogP contribution is 2.26. The quantitative estimate of drug-likeness (QED) is 0.474. The number of rotatable bonds is 5. The molecule has 2 N–H and O–H groups in total. The van der Waals surface area contributed by atoms with Crippen molar-refractivity contribution < 1.29 is 4.79 Å². The number of amides is 1. The topological polar surface area (TPSA) is 98.6 Å². The number of nitrogens with zero attached hydrogens (tertiary/aromatic N) is 2. The predicted molar refractivity (Wildman–Crippen MR) is 120 cm³/mol. The molecular weight excluding hydrogens is 396 g/mol. The predicted octanol–water partition coefficient (Wildman–Crippen LogP) is 4.35. The van der Waals surface area contributed by atoms with Crippen molar-refractivity contribution in [2.24, 2.45) is 0 Å². The van der Waals surface area contributed by atoms with E-state index in [1.807, 2.05) is 69.3 Å². The molecule has 0 aliphatic carbocycles. The molecule has 7 heteroatoms. The lowest BCUT2D eigenvalue weighted by atomic mass is 10.1. The Balaban J connectivity index is 1.86. The molecule has 0 aliphatic heterocycles. The minimum absolute atomic E-state index is 0.0457. The second-order valence-electron chi connectivity index (χ2n) is 7.14. The Bertz CT molecular complexity index is 1190. The van der Waals surface area contributed by atoms with Gasteiger partial charge in [-0.1, -0.05) is 53.7 Å². The number of thioether (sulfide) groups is 1. The van der Waals surface area contributed by atoms with E-state index in [9.17, 15) is 14.9 Å². The van der Waals surface area contributed by atoms with Gasteiger partial charge in [0.25, 0.3) is 5.56 Å². The van der Waals surface area contributed by atoms with Crippen LogP contribution >= 0.6 is 11.8 Å². The van der Waals surface area contributed by atoms with E-state index in [0.717, 1.165) is 34.1 Å². The first kappa shape index (κ1) is 21.3. The van der Waals surface area contributed by atoms with Crippen LogP contribution in [-0.2, 0) is 4.79 Å². The lowest BCUT2D eigenvalue weighted by Gasteiger charge is -2.14. The summed E-state index contributed by atoms with van der Waals surface area (Å²) in [4.78, 5) is 32.2. The molecule has 6 nitrogen and oxygen atoms in total. The van der Waals surface area contributed by atoms with Crippen molar-refractivity contribution in [3.8, 4) is 17.3 Å². The summed E-state index contributed by atoms with van der Waals surface area (Å²) in [5.41, 5.74) is 4.27. The van der Waals surface area contributed by atoms with Gasteiger partial charge in [-0.05, 0) is 44.9 Å². The summed E-state index contributed by atoms with van der Waals surface area (Å²) in [6.45, 7) is 7.60. The number of hydrogen-bond donors (Lipinski definition) is 2. The van der Waals surface area contributed by atoms with E-state index in [-0.39, 0.29) is 16.6 Å². The number of carbonyl (C=O) groups is 1. The monoisotopic (exact) mass is 418 g/mol. The van der Waals surface area contributed by atoms with Crippen LogP contribution in [0.25, 0.3) is 11.3 Å². The second kappa shape index (κ2) is 8.97. The normalized spacial score (nSPS) is 11.6. The highest BCUT2D eigenvalue weighted by molar-refractivity contribution is 8.00. The lowest BCUT2D eigenvalue weighted by Crippen LogP contribution is -2.24. The molecule has 0 aliphatic rings. The zero-order chi connectivity index (χ0) is 21.8. The smallest absolute Gasteiger partial charge is 0.270 e. The lowest BCUT2D eigenvalue weighted by molar-refractivity contribution is -0.115. The van der Waals surface area contributed by atoms with Gasteiger partial charge < -0.3 is 10.3 Å². The van der Waals surface area contributed by atoms with Crippen molar-refractivity contribution in [2.75, 3.05) is 5.32 Å². The molecule has 2 aromatic carbocycles. The van der Waals surface area contributed by atoms with Gasteiger partial charge in [0, 0.05) is 11.3 Å². The van der Waals surface area contributed by atoms with E-state index in [2.05, 4.69) is 15.3 Å². The molecule has 1 heterocycles. The molecular formula is C23H22N4O2S. The van der Waals surface area contributed by atoms with Crippen LogP contribution < -0.4 is 10.9 Å². The summed E-state index contributed by atoms with van der Waals surface area (Å²) in [6.07, 6.45) is 0. The third-order valence-electron chi connectivity index (χ3n) is 4.64. The molecule has 0 saturated heterocycles. The number of aryl methyl sites for hydroxylation is 3. The fourth-order valence-corrected chi connectivity index (χ4v) is 3.65. The fourth-order valence-electron chi connectivity index (χ4n) is 2.86. The zero-order valence-electron chi connectivity index (χ0n) is 17.2. The van der Waals surface area contributed by atoms with Gasteiger partial charge in [-0.2, -0.15) is 5.26 Å². The van der Waals surface area contributed by atoms with Gasteiger partial charge >= 0.3 is 0 Å². The third kappa shape index (κ3) is 4.78. The van der Waals surface area contributed by atoms with Crippen LogP contribution in [0.2, 0.25) is 0 Å². The molecule has 1 amide bonds. The Morgan fingerprint density at radius 2 is 1.80 bits per heavy atom. The van der Waals surface area contributed by atoms with E-state index < -0.39 is 10.8 Å². The van der Waals surface area contributed by atoms with E-state index >= 15 is 0 Å². The largest absolute Gasteiger partial charge is 0.325 e. The molecule has 0 fully saturated rings. The van der Waals surface area contributed by atoms with Gasteiger partial charge in [-0.15, -0.1) is 0 Å². The minimum Gasteiger partial charge on any atom is -0.325 e. The molecule has 0 bridgehead atoms. The molecule has 0 saturated carbocycles. The average molecular weight is 419 g/mol. The highest BCUT2D eigenvalue weighted by Gasteiger charge is 2.19. The summed E-state index contributed by atoms with van der Waals surface area (Å²) >= 11 is 1.14. The highest BCUT2D eigenvalue weighted by atomic mass is 32.2. The van der Waals surface area contributed by atoms with Gasteiger partial charge in [0.2, 0.25) is 5.91 Å². The van der Waals surface area contributed by atoms with Crippen LogP contribution in [0.15, 0.2) is 52.4 Å². The van der Waals surface area contributed by atoms with Gasteiger partial charge in [-0.25, -0.2) is 4.98 Å². The average Bonchev–Trinajstić information content (AvgIpc) is 2.71. The summed E-state index contributed by atoms with van der Waals surface area (Å²) in [7, 11) is 0. The Morgan fingerprint density at radius 1 is 1.13 bits per heavy atom. The van der Waals surface area contributed by atoms with Crippen molar-refractivity contribution in [3.05, 3.63) is 75.1 Å². The number of aromatic nitrogens is 2. The van der Waals surface area contributed by atoms with Crippen molar-refractivity contribution in [1.82, 2.24) is 9.97 Å². The first-order valence-corrected chi connectivity index (χ1v) is 10.3. The Hall–Kier alpha value is -3.37. The van der Waals surface area contributed by atoms with Gasteiger partial charge in [0.15, 0.2) is 5.16 Å². The summed E-state index contributed by atoms with van der Waals surface area (Å²) < 4.78 is 0. The molecule has 1 atom stereocenters. The SMILES string of the molecule is Cc1ccc(-c2nc(SC(C)C(=O)Nc3cc(C)ccc3C)[nH]c(=O)c2C#N)cc1. The van der Waals surface area contributed by atoms with Crippen molar-refractivity contribution in [3.63, 3.8) is 0 Å². The molecule has 3 rings (SSSR count). The van der Waals surface area contributed by atoms with E-state index in [1.54, 1.807) is 6.92 Å². The molecule has 3 aromatic rings. The van der Waals surface area contributed by atoms with Crippen LogP contribution in [0, 0.1) is 32.1 Å². The van der Waals surface area contributed by atoms with E-state index in [0.29, 0.717) is 11.3 Å². The maximum Gasteiger partial charge on any atom is 0.270 e. The van der Waals surface area contributed by atoms with Gasteiger partial charge in [0.1, 0.15) is 11.6 Å². The molecule has 1 aromatic heterocycles. The van der Waals surface area contributed by atoms with Crippen LogP contribution in [0.1, 0.15) is 29.2 Å². The Labute approximate surface area is 179 Å². The Kier molecular flexibility index (Phi) is 6.38. The molecule has 1 unspecified atom stereocenters. The number of aromatic amines is 1. The molecule has 0 radical (unpaired) electrons. The number of anilines is 1. The number of H-pyrrole nitrogens is 1. The maximum atomic E-state index is 12.7. The van der Waals surface area contributed by atoms with Crippen molar-refractivity contribution in [1.29, 1.82) is 5.26 Å². The van der Waals surface area contributed by atoms with Crippen molar-refractivity contribution >= 4 is 23.4 Å². The summed E-state index contributed by atoms with van der Waals surface area (Å²) in [5.74, 6) is -0.197. The first-order chi connectivity index (χ1) is 14.3. The fraction of sp³-hybridized carbons (Fsp3) is 0.217. The van der Waals surface area contributed by atoms with Gasteiger partial charge in [-0.3, -0.25) is 9.59 Å². The van der Waals surface area contributed by atoms with E-state index in [1.165, 1.54) is 0 Å². The first-order valence-electron chi connectivity index (χ1n) is 9.44. The summed E-state index contributed by atoms with van der Waals surface area (Å²) in [5, 5.41) is 12.1. The number of nitriles is 1. The molecule has 0 spiro atoms. The third-order valence-corrected chi connectivity index (χ3v) is 5.63. The number of carbonyl (C=O) groups excluding carboxylic acids is 1.